The Morgan fingerprint density at radius 1 is 1.47 bits per heavy atom. The second-order valence-electron chi connectivity index (χ2n) is 4.08. The van der Waals surface area contributed by atoms with Gasteiger partial charge in [-0.25, -0.2) is 0 Å². The Balaban J connectivity index is 2.30. The Bertz CT molecular complexity index is 542. The molecule has 0 saturated heterocycles. The second-order valence-corrected chi connectivity index (χ2v) is 5.43. The highest BCUT2D eigenvalue weighted by Gasteiger charge is 2.20. The number of aliphatic carboxylic acids is 1. The van der Waals surface area contributed by atoms with Gasteiger partial charge < -0.3 is 10.0 Å². The molecule has 1 N–H and O–H groups in total. The highest BCUT2D eigenvalue weighted by molar-refractivity contribution is 7.09. The second kappa shape index (κ2) is 6.04. The van der Waals surface area contributed by atoms with Crippen LogP contribution in [0.5, 0.6) is 0 Å². The summed E-state index contributed by atoms with van der Waals surface area (Å²) in [5, 5.41) is 9.70. The van der Waals surface area contributed by atoms with Crippen LogP contribution in [0.25, 0.3) is 0 Å². The molecular weight excluding hydrogens is 284 g/mol. The number of carboxylic acids is 1. The minimum Gasteiger partial charge on any atom is -0.480 e. The molecule has 0 aliphatic heterocycles. The van der Waals surface area contributed by atoms with Gasteiger partial charge in [-0.3, -0.25) is 9.78 Å². The summed E-state index contributed by atoms with van der Waals surface area (Å²) in [6.45, 7) is 1.89. The fraction of sp³-hybridized carbons (Fsp3) is 0.231. The molecule has 0 aliphatic rings. The van der Waals surface area contributed by atoms with Gasteiger partial charge in [0.15, 0.2) is 0 Å². The van der Waals surface area contributed by atoms with Gasteiger partial charge in [-0.05, 0) is 31.2 Å². The van der Waals surface area contributed by atoms with E-state index in [1.54, 1.807) is 23.8 Å². The largest absolute Gasteiger partial charge is 0.480 e. The maximum atomic E-state index is 11.0. The normalized spacial score (nSPS) is 12.1. The first-order chi connectivity index (χ1) is 9.08. The molecule has 0 saturated carbocycles. The van der Waals surface area contributed by atoms with Gasteiger partial charge in [0.25, 0.3) is 0 Å². The monoisotopic (exact) mass is 296 g/mol. The van der Waals surface area contributed by atoms with Gasteiger partial charge in [0.2, 0.25) is 0 Å². The number of carbonyl (C=O) groups is 1. The first kappa shape index (κ1) is 13.8. The molecule has 2 rings (SSSR count). The Hall–Kier alpha value is -1.59. The number of nitrogens with zero attached hydrogens (tertiary/aromatic N) is 2. The first-order valence-corrected chi connectivity index (χ1v) is 6.96. The van der Waals surface area contributed by atoms with E-state index in [-0.39, 0.29) is 12.6 Å². The summed E-state index contributed by atoms with van der Waals surface area (Å²) in [6.07, 6.45) is 1.76. The van der Waals surface area contributed by atoms with Crippen LogP contribution >= 0.6 is 22.9 Å². The van der Waals surface area contributed by atoms with Crippen molar-refractivity contribution < 1.29 is 9.90 Å². The summed E-state index contributed by atoms with van der Waals surface area (Å²) in [4.78, 5) is 17.9. The van der Waals surface area contributed by atoms with Crippen molar-refractivity contribution in [2.24, 2.45) is 0 Å². The van der Waals surface area contributed by atoms with Gasteiger partial charge in [-0.15, -0.1) is 11.3 Å². The van der Waals surface area contributed by atoms with Crippen molar-refractivity contribution in [2.45, 2.75) is 13.0 Å². The lowest BCUT2D eigenvalue weighted by Crippen LogP contribution is -2.31. The number of aromatic nitrogens is 1. The topological polar surface area (TPSA) is 53.4 Å². The lowest BCUT2D eigenvalue weighted by Gasteiger charge is -2.29. The minimum atomic E-state index is -0.869. The van der Waals surface area contributed by atoms with E-state index < -0.39 is 5.97 Å². The molecule has 100 valence electrons. The molecule has 0 spiro atoms. The standard InChI is InChI=1S/C13H13ClN2O2S/c1-9(12-6-15-8-19-12)16(7-13(17)18)11-4-2-10(14)3-5-11/h2-6,8-9H,7H2,1H3,(H,17,18). The third-order valence-electron chi connectivity index (χ3n) is 2.79. The van der Waals surface area contributed by atoms with Crippen LogP contribution in [0.4, 0.5) is 5.69 Å². The predicted octanol–water partition coefficient (Wildman–Crippen LogP) is 3.45. The van der Waals surface area contributed by atoms with Crippen LogP contribution in [0.3, 0.4) is 0 Å². The van der Waals surface area contributed by atoms with Gasteiger partial charge in [-0.2, -0.15) is 0 Å². The van der Waals surface area contributed by atoms with Gasteiger partial charge in [0.1, 0.15) is 6.54 Å². The van der Waals surface area contributed by atoms with Gasteiger partial charge in [0, 0.05) is 21.8 Å². The zero-order valence-electron chi connectivity index (χ0n) is 10.3. The van der Waals surface area contributed by atoms with Crippen molar-refractivity contribution in [3.05, 3.63) is 45.9 Å². The van der Waals surface area contributed by atoms with Crippen LogP contribution in [-0.2, 0) is 4.79 Å². The molecule has 0 fully saturated rings. The summed E-state index contributed by atoms with van der Waals surface area (Å²) in [7, 11) is 0. The van der Waals surface area contributed by atoms with E-state index in [9.17, 15) is 4.79 Å². The summed E-state index contributed by atoms with van der Waals surface area (Å²) >= 11 is 7.37. The number of thiazole rings is 1. The molecule has 1 unspecified atom stereocenters. The maximum absolute atomic E-state index is 11.0. The van der Waals surface area contributed by atoms with Crippen LogP contribution in [0.2, 0.25) is 5.02 Å². The van der Waals surface area contributed by atoms with Gasteiger partial charge >= 0.3 is 5.97 Å². The van der Waals surface area contributed by atoms with Gasteiger partial charge in [0.05, 0.1) is 11.6 Å². The number of hydrogen-bond donors (Lipinski definition) is 1. The SMILES string of the molecule is CC(c1cncs1)N(CC(=O)O)c1ccc(Cl)cc1. The smallest absolute Gasteiger partial charge is 0.323 e. The van der Waals surface area contributed by atoms with E-state index in [1.165, 1.54) is 11.3 Å². The quantitative estimate of drug-likeness (QED) is 0.918. The number of benzene rings is 1. The van der Waals surface area contributed by atoms with Crippen LogP contribution in [0.1, 0.15) is 17.8 Å². The molecule has 0 aliphatic carbocycles. The Morgan fingerprint density at radius 2 is 2.16 bits per heavy atom. The zero-order chi connectivity index (χ0) is 13.8. The van der Waals surface area contributed by atoms with Crippen molar-refractivity contribution in [2.75, 3.05) is 11.4 Å². The number of anilines is 1. The van der Waals surface area contributed by atoms with E-state index in [0.717, 1.165) is 10.6 Å². The molecule has 0 bridgehead atoms. The molecular formula is C13H13ClN2O2S. The van der Waals surface area contributed by atoms with E-state index in [0.29, 0.717) is 5.02 Å². The molecule has 4 nitrogen and oxygen atoms in total. The van der Waals surface area contributed by atoms with Crippen molar-refractivity contribution in [1.82, 2.24) is 4.98 Å². The zero-order valence-corrected chi connectivity index (χ0v) is 11.9. The van der Waals surface area contributed by atoms with E-state index >= 15 is 0 Å². The average molecular weight is 297 g/mol. The first-order valence-electron chi connectivity index (χ1n) is 5.70. The third kappa shape index (κ3) is 3.45. The van der Waals surface area contributed by atoms with E-state index in [1.807, 2.05) is 24.0 Å². The van der Waals surface area contributed by atoms with Crippen molar-refractivity contribution in [3.63, 3.8) is 0 Å². The Morgan fingerprint density at radius 3 is 2.68 bits per heavy atom. The molecule has 6 heteroatoms. The van der Waals surface area contributed by atoms with E-state index in [2.05, 4.69) is 4.98 Å². The van der Waals surface area contributed by atoms with Crippen LogP contribution in [-0.4, -0.2) is 22.6 Å². The maximum Gasteiger partial charge on any atom is 0.323 e. The average Bonchev–Trinajstić information content (AvgIpc) is 2.90. The molecule has 0 radical (unpaired) electrons. The molecule has 1 atom stereocenters. The summed E-state index contributed by atoms with van der Waals surface area (Å²) < 4.78 is 0. The van der Waals surface area contributed by atoms with Crippen LogP contribution < -0.4 is 4.90 Å². The highest BCUT2D eigenvalue weighted by Crippen LogP contribution is 2.29. The van der Waals surface area contributed by atoms with Gasteiger partial charge in [-0.1, -0.05) is 11.6 Å². The van der Waals surface area contributed by atoms with Crippen molar-refractivity contribution >= 4 is 34.6 Å². The summed E-state index contributed by atoms with van der Waals surface area (Å²) in [5.41, 5.74) is 2.57. The molecule has 2 aromatic rings. The van der Waals surface area contributed by atoms with Crippen LogP contribution in [0, 0.1) is 0 Å². The molecule has 0 amide bonds. The van der Waals surface area contributed by atoms with Crippen LogP contribution in [0.15, 0.2) is 36.0 Å². The molecule has 19 heavy (non-hydrogen) atoms. The molecule has 1 aromatic heterocycles. The van der Waals surface area contributed by atoms with Crippen molar-refractivity contribution in [3.8, 4) is 0 Å². The third-order valence-corrected chi connectivity index (χ3v) is 3.99. The van der Waals surface area contributed by atoms with Crippen molar-refractivity contribution in [1.29, 1.82) is 0 Å². The number of halogens is 1. The fourth-order valence-corrected chi connectivity index (χ4v) is 2.63. The summed E-state index contributed by atoms with van der Waals surface area (Å²) in [6, 6.07) is 7.10. The lowest BCUT2D eigenvalue weighted by molar-refractivity contribution is -0.135. The fourth-order valence-electron chi connectivity index (χ4n) is 1.82. The summed E-state index contributed by atoms with van der Waals surface area (Å²) in [5.74, 6) is -0.869. The Kier molecular flexibility index (Phi) is 4.39. The highest BCUT2D eigenvalue weighted by atomic mass is 35.5. The number of hydrogen-bond acceptors (Lipinski definition) is 4. The predicted molar refractivity (Wildman–Crippen MR) is 77.0 cm³/mol. The van der Waals surface area contributed by atoms with E-state index in [4.69, 9.17) is 16.7 Å². The molecule has 1 heterocycles. The number of carboxylic acid groups (broad SMARTS) is 1. The minimum absolute atomic E-state index is 0.0511. The lowest BCUT2D eigenvalue weighted by atomic mass is 10.2. The molecule has 1 aromatic carbocycles. The Labute approximate surface area is 120 Å². The number of rotatable bonds is 5.